The molecular formula is C21H22F4N2O5S. The fourth-order valence-electron chi connectivity index (χ4n) is 3.51. The number of carbonyl (C=O) groups is 1. The third kappa shape index (κ3) is 6.89. The summed E-state index contributed by atoms with van der Waals surface area (Å²) < 4.78 is 82.4. The van der Waals surface area contributed by atoms with Crippen LogP contribution in [0.2, 0.25) is 0 Å². The van der Waals surface area contributed by atoms with Gasteiger partial charge < -0.3 is 9.57 Å². The summed E-state index contributed by atoms with van der Waals surface area (Å²) in [4.78, 5) is 14.7. The number of sulfonamides is 1. The minimum Gasteiger partial charge on any atom is -0.486 e. The van der Waals surface area contributed by atoms with E-state index in [9.17, 15) is 30.8 Å². The molecule has 1 heterocycles. The van der Waals surface area contributed by atoms with E-state index in [1.54, 1.807) is 0 Å². The number of ether oxygens (including phenoxy) is 1. The SMILES string of the molecule is CS(=O)(=O)N1C[C@@H](Oc2cc(CNOC(=O)C(F)(F)F)ccc2F)C[C@H](c2ccccc2)C1. The van der Waals surface area contributed by atoms with Crippen molar-refractivity contribution in [3.8, 4) is 5.75 Å². The maximum Gasteiger partial charge on any atom is 0.492 e. The van der Waals surface area contributed by atoms with Gasteiger partial charge >= 0.3 is 12.1 Å². The van der Waals surface area contributed by atoms with Crippen LogP contribution in [-0.2, 0) is 26.2 Å². The van der Waals surface area contributed by atoms with Crippen molar-refractivity contribution in [1.29, 1.82) is 0 Å². The molecule has 0 bridgehead atoms. The van der Waals surface area contributed by atoms with Gasteiger partial charge in [-0.2, -0.15) is 17.5 Å². The summed E-state index contributed by atoms with van der Waals surface area (Å²) in [5, 5.41) is 0. The molecule has 0 unspecified atom stereocenters. The van der Waals surface area contributed by atoms with Crippen LogP contribution in [0.3, 0.4) is 0 Å². The molecule has 3 rings (SSSR count). The van der Waals surface area contributed by atoms with E-state index in [0.717, 1.165) is 17.9 Å². The van der Waals surface area contributed by atoms with Crippen LogP contribution in [0, 0.1) is 5.82 Å². The van der Waals surface area contributed by atoms with Gasteiger partial charge in [-0.15, -0.1) is 5.48 Å². The van der Waals surface area contributed by atoms with E-state index >= 15 is 0 Å². The lowest BCUT2D eigenvalue weighted by Crippen LogP contribution is -2.47. The second kappa shape index (κ2) is 10.1. The van der Waals surface area contributed by atoms with E-state index in [1.807, 2.05) is 35.8 Å². The summed E-state index contributed by atoms with van der Waals surface area (Å²) in [5.74, 6) is -3.49. The first kappa shape index (κ1) is 24.9. The highest BCUT2D eigenvalue weighted by molar-refractivity contribution is 7.88. The maximum absolute atomic E-state index is 14.4. The number of nitrogens with zero attached hydrogens (tertiary/aromatic N) is 1. The lowest BCUT2D eigenvalue weighted by Gasteiger charge is -2.36. The zero-order valence-electron chi connectivity index (χ0n) is 17.5. The minimum absolute atomic E-state index is 0.0211. The molecule has 33 heavy (non-hydrogen) atoms. The molecule has 2 atom stereocenters. The topological polar surface area (TPSA) is 84.9 Å². The van der Waals surface area contributed by atoms with Gasteiger partial charge in [0.25, 0.3) is 0 Å². The Balaban J connectivity index is 1.72. The van der Waals surface area contributed by atoms with E-state index in [-0.39, 0.29) is 36.9 Å². The molecular weight excluding hydrogens is 468 g/mol. The van der Waals surface area contributed by atoms with Gasteiger partial charge in [-0.25, -0.2) is 17.6 Å². The Labute approximate surface area is 188 Å². The molecule has 180 valence electrons. The van der Waals surface area contributed by atoms with Crippen molar-refractivity contribution in [1.82, 2.24) is 9.79 Å². The molecule has 1 aliphatic rings. The van der Waals surface area contributed by atoms with E-state index in [2.05, 4.69) is 4.84 Å². The fourth-order valence-corrected chi connectivity index (χ4v) is 4.39. The zero-order chi connectivity index (χ0) is 24.2. The molecule has 0 radical (unpaired) electrons. The number of hydrogen-bond acceptors (Lipinski definition) is 6. The summed E-state index contributed by atoms with van der Waals surface area (Å²) >= 11 is 0. The van der Waals surface area contributed by atoms with Gasteiger partial charge in [-0.05, 0) is 29.7 Å². The Morgan fingerprint density at radius 1 is 1.15 bits per heavy atom. The number of halogens is 4. The standard InChI is InChI=1S/C21H22F4N2O5S/c1-33(29,30)27-12-16(15-5-3-2-4-6-15)10-17(13-27)31-19-9-14(7-8-18(19)22)11-26-32-20(28)21(23,24)25/h2-9,16-17,26H,10-13H2,1H3/t16-,17-/m0/s1. The molecule has 1 saturated heterocycles. The second-order valence-electron chi connectivity index (χ2n) is 7.64. The molecule has 1 fully saturated rings. The Morgan fingerprint density at radius 3 is 2.48 bits per heavy atom. The van der Waals surface area contributed by atoms with Gasteiger partial charge in [0.1, 0.15) is 6.10 Å². The molecule has 12 heteroatoms. The average Bonchev–Trinajstić information content (AvgIpc) is 2.75. The number of benzene rings is 2. The summed E-state index contributed by atoms with van der Waals surface area (Å²) in [5.41, 5.74) is 3.09. The fraction of sp³-hybridized carbons (Fsp3) is 0.381. The predicted octanol–water partition coefficient (Wildman–Crippen LogP) is 3.13. The van der Waals surface area contributed by atoms with Crippen molar-refractivity contribution in [2.24, 2.45) is 0 Å². The molecule has 0 aromatic heterocycles. The maximum atomic E-state index is 14.4. The largest absolute Gasteiger partial charge is 0.492 e. The van der Waals surface area contributed by atoms with Gasteiger partial charge in [0, 0.05) is 12.5 Å². The molecule has 0 aliphatic carbocycles. The molecule has 2 aromatic rings. The van der Waals surface area contributed by atoms with Crippen LogP contribution in [0.25, 0.3) is 0 Å². The van der Waals surface area contributed by atoms with Crippen LogP contribution >= 0.6 is 0 Å². The number of piperidine rings is 1. The van der Waals surface area contributed by atoms with Gasteiger partial charge in [0.2, 0.25) is 10.0 Å². The van der Waals surface area contributed by atoms with Crippen LogP contribution in [0.4, 0.5) is 17.6 Å². The van der Waals surface area contributed by atoms with E-state index < -0.39 is 34.1 Å². The van der Waals surface area contributed by atoms with Crippen molar-refractivity contribution in [3.05, 3.63) is 65.5 Å². The van der Waals surface area contributed by atoms with Gasteiger partial charge in [-0.3, -0.25) is 0 Å². The third-order valence-electron chi connectivity index (χ3n) is 5.08. The highest BCUT2D eigenvalue weighted by atomic mass is 32.2. The number of hydroxylamine groups is 1. The number of nitrogens with one attached hydrogen (secondary N) is 1. The van der Waals surface area contributed by atoms with E-state index in [0.29, 0.717) is 6.42 Å². The first-order valence-electron chi connectivity index (χ1n) is 9.89. The van der Waals surface area contributed by atoms with Crippen LogP contribution in [0.15, 0.2) is 48.5 Å². The summed E-state index contributed by atoms with van der Waals surface area (Å²) in [7, 11) is -3.53. The first-order valence-corrected chi connectivity index (χ1v) is 11.7. The van der Waals surface area contributed by atoms with Crippen LogP contribution in [-0.4, -0.2) is 50.3 Å². The van der Waals surface area contributed by atoms with Crippen LogP contribution in [0.5, 0.6) is 5.75 Å². The summed E-state index contributed by atoms with van der Waals surface area (Å²) in [6, 6.07) is 12.9. The summed E-state index contributed by atoms with van der Waals surface area (Å²) in [6.07, 6.45) is -4.29. The predicted molar refractivity (Wildman–Crippen MR) is 110 cm³/mol. The van der Waals surface area contributed by atoms with E-state index in [1.165, 1.54) is 16.4 Å². The number of rotatable bonds is 7. The minimum atomic E-state index is -5.15. The Bertz CT molecular complexity index is 1080. The van der Waals surface area contributed by atoms with Crippen molar-refractivity contribution in [3.63, 3.8) is 0 Å². The van der Waals surface area contributed by atoms with Crippen LogP contribution in [0.1, 0.15) is 23.5 Å². The van der Waals surface area contributed by atoms with E-state index in [4.69, 9.17) is 4.74 Å². The smallest absolute Gasteiger partial charge is 0.486 e. The highest BCUT2D eigenvalue weighted by Crippen LogP contribution is 2.31. The lowest BCUT2D eigenvalue weighted by molar-refractivity contribution is -0.207. The normalized spacial score (nSPS) is 19.8. The monoisotopic (exact) mass is 490 g/mol. The first-order chi connectivity index (χ1) is 15.4. The molecule has 1 N–H and O–H groups in total. The lowest BCUT2D eigenvalue weighted by atomic mass is 9.90. The molecule has 2 aromatic carbocycles. The quantitative estimate of drug-likeness (QED) is 0.474. The number of carbonyl (C=O) groups excluding carboxylic acids is 1. The number of alkyl halides is 3. The average molecular weight is 490 g/mol. The zero-order valence-corrected chi connectivity index (χ0v) is 18.3. The van der Waals surface area contributed by atoms with Crippen LogP contribution < -0.4 is 10.2 Å². The van der Waals surface area contributed by atoms with Gasteiger partial charge in [0.05, 0.1) is 19.3 Å². The molecule has 7 nitrogen and oxygen atoms in total. The Kier molecular flexibility index (Phi) is 7.60. The highest BCUT2D eigenvalue weighted by Gasteiger charge is 2.41. The molecule has 0 spiro atoms. The molecule has 1 aliphatic heterocycles. The van der Waals surface area contributed by atoms with Crippen molar-refractivity contribution >= 4 is 16.0 Å². The van der Waals surface area contributed by atoms with Crippen molar-refractivity contribution < 1.29 is 40.3 Å². The summed E-state index contributed by atoms with van der Waals surface area (Å²) in [6.45, 7) is -0.0434. The number of hydrogen-bond donors (Lipinski definition) is 1. The second-order valence-corrected chi connectivity index (χ2v) is 9.62. The Hall–Kier alpha value is -2.70. The van der Waals surface area contributed by atoms with Gasteiger partial charge in [-0.1, -0.05) is 36.4 Å². The van der Waals surface area contributed by atoms with Crippen molar-refractivity contribution in [2.75, 3.05) is 19.3 Å². The Morgan fingerprint density at radius 2 is 1.85 bits per heavy atom. The molecule has 0 saturated carbocycles. The van der Waals surface area contributed by atoms with Gasteiger partial charge in [0.15, 0.2) is 11.6 Å². The van der Waals surface area contributed by atoms with Crippen molar-refractivity contribution in [2.45, 2.75) is 31.2 Å². The third-order valence-corrected chi connectivity index (χ3v) is 6.32. The molecule has 0 amide bonds.